The van der Waals surface area contributed by atoms with Crippen LogP contribution in [0, 0.1) is 17.8 Å². The SMILES string of the molecule is CC=C1CC2CC(C(C)=O)C1C2. The minimum atomic E-state index is 0.370. The zero-order valence-electron chi connectivity index (χ0n) is 7.84. The summed E-state index contributed by atoms with van der Waals surface area (Å²) in [5.74, 6) is 2.23. The monoisotopic (exact) mass is 164 g/mol. The zero-order valence-corrected chi connectivity index (χ0v) is 7.84. The van der Waals surface area contributed by atoms with Crippen LogP contribution >= 0.6 is 0 Å². The van der Waals surface area contributed by atoms with E-state index in [9.17, 15) is 4.79 Å². The highest BCUT2D eigenvalue weighted by Crippen LogP contribution is 2.51. The average Bonchev–Trinajstić information content (AvgIpc) is 2.60. The minimum absolute atomic E-state index is 0.370. The predicted molar refractivity (Wildman–Crippen MR) is 48.8 cm³/mol. The van der Waals surface area contributed by atoms with Crippen LogP contribution in [0.15, 0.2) is 11.6 Å². The molecule has 2 fully saturated rings. The van der Waals surface area contributed by atoms with Crippen molar-refractivity contribution in [2.75, 3.05) is 0 Å². The third-order valence-electron chi connectivity index (χ3n) is 3.55. The molecule has 3 unspecified atom stereocenters. The summed E-state index contributed by atoms with van der Waals surface area (Å²) in [4.78, 5) is 11.3. The zero-order chi connectivity index (χ0) is 8.72. The van der Waals surface area contributed by atoms with E-state index in [4.69, 9.17) is 0 Å². The first-order valence-corrected chi connectivity index (χ1v) is 4.88. The number of hydrogen-bond donors (Lipinski definition) is 0. The molecule has 0 spiro atoms. The molecule has 3 atom stereocenters. The molecule has 0 N–H and O–H groups in total. The molecule has 0 amide bonds. The second-order valence-electron chi connectivity index (χ2n) is 4.23. The number of fused-ring (bicyclic) bond motifs is 2. The predicted octanol–water partition coefficient (Wildman–Crippen LogP) is 2.57. The molecule has 12 heavy (non-hydrogen) atoms. The molecule has 2 aliphatic carbocycles. The molecule has 2 aliphatic rings. The van der Waals surface area contributed by atoms with E-state index in [2.05, 4.69) is 13.0 Å². The Morgan fingerprint density at radius 2 is 2.25 bits per heavy atom. The topological polar surface area (TPSA) is 17.1 Å². The summed E-state index contributed by atoms with van der Waals surface area (Å²) in [7, 11) is 0. The van der Waals surface area contributed by atoms with Crippen LogP contribution in [-0.2, 0) is 4.79 Å². The summed E-state index contributed by atoms with van der Waals surface area (Å²) in [6.07, 6.45) is 5.94. The van der Waals surface area contributed by atoms with Crippen molar-refractivity contribution < 1.29 is 4.79 Å². The molecule has 2 rings (SSSR count). The van der Waals surface area contributed by atoms with Crippen LogP contribution in [-0.4, -0.2) is 5.78 Å². The minimum Gasteiger partial charge on any atom is -0.300 e. The van der Waals surface area contributed by atoms with Crippen LogP contribution < -0.4 is 0 Å². The summed E-state index contributed by atoms with van der Waals surface area (Å²) in [5.41, 5.74) is 1.55. The van der Waals surface area contributed by atoms with Gasteiger partial charge in [0.2, 0.25) is 0 Å². The van der Waals surface area contributed by atoms with E-state index >= 15 is 0 Å². The third-order valence-corrected chi connectivity index (χ3v) is 3.55. The van der Waals surface area contributed by atoms with Gasteiger partial charge in [-0.3, -0.25) is 4.79 Å². The molecular formula is C11H16O. The van der Waals surface area contributed by atoms with Crippen molar-refractivity contribution in [3.8, 4) is 0 Å². The number of rotatable bonds is 1. The molecule has 0 radical (unpaired) electrons. The van der Waals surface area contributed by atoms with Crippen LogP contribution in [0.2, 0.25) is 0 Å². The quantitative estimate of drug-likeness (QED) is 0.544. The van der Waals surface area contributed by atoms with Crippen LogP contribution in [0.5, 0.6) is 0 Å². The van der Waals surface area contributed by atoms with E-state index in [0.29, 0.717) is 17.6 Å². The maximum absolute atomic E-state index is 11.3. The lowest BCUT2D eigenvalue weighted by Gasteiger charge is -2.21. The Bertz CT molecular complexity index is 239. The summed E-state index contributed by atoms with van der Waals surface area (Å²) >= 11 is 0. The standard InChI is InChI=1S/C11H16O/c1-3-9-4-8-5-10(7(2)12)11(9)6-8/h3,8,10-11H,4-6H2,1-2H3. The van der Waals surface area contributed by atoms with Gasteiger partial charge in [0.25, 0.3) is 0 Å². The number of carbonyl (C=O) groups is 1. The highest BCUT2D eigenvalue weighted by molar-refractivity contribution is 5.79. The number of carbonyl (C=O) groups excluding carboxylic acids is 1. The van der Waals surface area contributed by atoms with E-state index in [1.54, 1.807) is 12.5 Å². The summed E-state index contributed by atoms with van der Waals surface area (Å²) < 4.78 is 0. The molecular weight excluding hydrogens is 148 g/mol. The molecule has 0 aromatic rings. The number of hydrogen-bond acceptors (Lipinski definition) is 1. The van der Waals surface area contributed by atoms with Gasteiger partial charge in [0.05, 0.1) is 0 Å². The first-order chi connectivity index (χ1) is 5.72. The first kappa shape index (κ1) is 8.03. The molecule has 2 bridgehead atoms. The summed E-state index contributed by atoms with van der Waals surface area (Å²) in [6, 6.07) is 0. The van der Waals surface area contributed by atoms with Gasteiger partial charge in [0.1, 0.15) is 5.78 Å². The van der Waals surface area contributed by atoms with Gasteiger partial charge < -0.3 is 0 Å². The molecule has 0 aliphatic heterocycles. The van der Waals surface area contributed by atoms with E-state index in [0.717, 1.165) is 12.3 Å². The van der Waals surface area contributed by atoms with E-state index in [1.165, 1.54) is 12.8 Å². The highest BCUT2D eigenvalue weighted by atomic mass is 16.1. The Balaban J connectivity index is 2.20. The van der Waals surface area contributed by atoms with Gasteiger partial charge in [0, 0.05) is 5.92 Å². The molecule has 2 saturated carbocycles. The molecule has 0 aromatic heterocycles. The maximum atomic E-state index is 11.3. The summed E-state index contributed by atoms with van der Waals surface area (Å²) in [6.45, 7) is 3.85. The van der Waals surface area contributed by atoms with Crippen LogP contribution in [0.4, 0.5) is 0 Å². The highest BCUT2D eigenvalue weighted by Gasteiger charge is 2.44. The molecule has 0 heterocycles. The van der Waals surface area contributed by atoms with Gasteiger partial charge >= 0.3 is 0 Å². The number of Topliss-reactive ketones (excluding diaryl/α,β-unsaturated/α-hetero) is 1. The van der Waals surface area contributed by atoms with Crippen molar-refractivity contribution in [3.63, 3.8) is 0 Å². The first-order valence-electron chi connectivity index (χ1n) is 4.88. The average molecular weight is 164 g/mol. The van der Waals surface area contributed by atoms with Crippen molar-refractivity contribution >= 4 is 5.78 Å². The van der Waals surface area contributed by atoms with Crippen LogP contribution in [0.1, 0.15) is 33.1 Å². The number of ketones is 1. The van der Waals surface area contributed by atoms with E-state index < -0.39 is 0 Å². The van der Waals surface area contributed by atoms with Crippen LogP contribution in [0.25, 0.3) is 0 Å². The molecule has 1 heteroatoms. The molecule has 1 nitrogen and oxygen atoms in total. The van der Waals surface area contributed by atoms with Gasteiger partial charge in [-0.1, -0.05) is 11.6 Å². The Morgan fingerprint density at radius 1 is 1.50 bits per heavy atom. The number of allylic oxidation sites excluding steroid dienone is 2. The second-order valence-corrected chi connectivity index (χ2v) is 4.23. The lowest BCUT2D eigenvalue weighted by Crippen LogP contribution is -2.19. The van der Waals surface area contributed by atoms with Crippen LogP contribution in [0.3, 0.4) is 0 Å². The fourth-order valence-electron chi connectivity index (χ4n) is 2.99. The Kier molecular flexibility index (Phi) is 1.82. The normalized spacial score (nSPS) is 42.5. The fourth-order valence-corrected chi connectivity index (χ4v) is 2.99. The third kappa shape index (κ3) is 1.03. The second kappa shape index (κ2) is 2.72. The van der Waals surface area contributed by atoms with E-state index in [1.807, 2.05) is 0 Å². The van der Waals surface area contributed by atoms with Gasteiger partial charge in [-0.2, -0.15) is 0 Å². The lowest BCUT2D eigenvalue weighted by molar-refractivity contribution is -0.121. The fraction of sp³-hybridized carbons (Fsp3) is 0.727. The molecule has 0 saturated heterocycles. The van der Waals surface area contributed by atoms with Gasteiger partial charge in [-0.15, -0.1) is 0 Å². The smallest absolute Gasteiger partial charge is 0.133 e. The van der Waals surface area contributed by atoms with Gasteiger partial charge in [0.15, 0.2) is 0 Å². The van der Waals surface area contributed by atoms with Crippen molar-refractivity contribution in [1.29, 1.82) is 0 Å². The van der Waals surface area contributed by atoms with Gasteiger partial charge in [-0.25, -0.2) is 0 Å². The van der Waals surface area contributed by atoms with Crippen molar-refractivity contribution in [2.45, 2.75) is 33.1 Å². The van der Waals surface area contributed by atoms with Crippen molar-refractivity contribution in [2.24, 2.45) is 17.8 Å². The molecule has 66 valence electrons. The Labute approximate surface area is 73.8 Å². The van der Waals surface area contributed by atoms with Crippen molar-refractivity contribution in [1.82, 2.24) is 0 Å². The molecule has 0 aromatic carbocycles. The van der Waals surface area contributed by atoms with Gasteiger partial charge in [-0.05, 0) is 44.9 Å². The van der Waals surface area contributed by atoms with Crippen molar-refractivity contribution in [3.05, 3.63) is 11.6 Å². The largest absolute Gasteiger partial charge is 0.300 e. The Hall–Kier alpha value is -0.590. The summed E-state index contributed by atoms with van der Waals surface area (Å²) in [5, 5.41) is 0. The maximum Gasteiger partial charge on any atom is 0.133 e. The lowest BCUT2D eigenvalue weighted by atomic mass is 9.82. The van der Waals surface area contributed by atoms with E-state index in [-0.39, 0.29) is 0 Å². The Morgan fingerprint density at radius 3 is 2.75 bits per heavy atom.